The third-order valence-electron chi connectivity index (χ3n) is 21.4. The van der Waals surface area contributed by atoms with Crippen molar-refractivity contribution in [3.8, 4) is 0 Å². The van der Waals surface area contributed by atoms with Crippen LogP contribution in [-0.2, 0) is 106 Å². The van der Waals surface area contributed by atoms with Gasteiger partial charge in [0.25, 0.3) is 67.3 Å². The second-order valence-electron chi connectivity index (χ2n) is 32.2. The number of unbranched alkanes of at least 4 members (excludes halogenated alkanes) is 4. The van der Waals surface area contributed by atoms with Crippen molar-refractivity contribution in [2.75, 3.05) is 113 Å². The Labute approximate surface area is 818 Å². The molecule has 0 aliphatic carbocycles. The topological polar surface area (TPSA) is 469 Å². The molecule has 5 heterocycles. The maximum Gasteiger partial charge on any atom is 0.325 e. The molecule has 3 aliphatic rings. The molecule has 0 radical (unpaired) electrons. The average molecular weight is 1990 g/mol. The number of thiophene rings is 1. The van der Waals surface area contributed by atoms with Crippen LogP contribution in [0.15, 0.2) is 225 Å². The molecule has 0 spiro atoms. The molecule has 12 amide bonds. The highest BCUT2D eigenvalue weighted by atomic mass is 32.2. The number of carbonyl (C=O) groups excluding carboxylic acids is 16. The first-order chi connectivity index (χ1) is 67.3. The summed E-state index contributed by atoms with van der Waals surface area (Å²) in [5.74, 6) is -9.34. The Morgan fingerprint density at radius 2 is 0.709 bits per heavy atom. The molecule has 38 nitrogen and oxygen atoms in total. The molecule has 0 bridgehead atoms. The van der Waals surface area contributed by atoms with Crippen LogP contribution < -0.4 is 64.8 Å². The summed E-state index contributed by atoms with van der Waals surface area (Å²) < 4.78 is 81.6. The van der Waals surface area contributed by atoms with E-state index in [-0.39, 0.29) is 96.9 Å². The van der Waals surface area contributed by atoms with Crippen molar-refractivity contribution in [2.24, 2.45) is 0 Å². The molecular formula is C100H107N13O25S3. The van der Waals surface area contributed by atoms with Crippen LogP contribution in [-0.4, -0.2) is 180 Å². The molecule has 0 atom stereocenters. The fourth-order valence-electron chi connectivity index (χ4n) is 14.1. The van der Waals surface area contributed by atoms with E-state index in [1.807, 2.05) is 119 Å². The summed E-state index contributed by atoms with van der Waals surface area (Å²) in [4.78, 5) is 212. The van der Waals surface area contributed by atoms with Crippen molar-refractivity contribution < 1.29 is 117 Å². The molecular weight excluding hydrogens is 1880 g/mol. The summed E-state index contributed by atoms with van der Waals surface area (Å²) in [6, 6.07) is 49.4. The summed E-state index contributed by atoms with van der Waals surface area (Å²) in [7, 11) is -0.325. The van der Waals surface area contributed by atoms with E-state index >= 15 is 0 Å². The number of methoxy groups -OCH3 is 4. The van der Waals surface area contributed by atoms with Gasteiger partial charge in [0.05, 0.1) is 77.4 Å². The fourth-order valence-corrected chi connectivity index (χ4v) is 17.2. The normalized spacial score (nSPS) is 12.9. The van der Waals surface area contributed by atoms with Crippen molar-refractivity contribution in [3.05, 3.63) is 249 Å². The number of esters is 4. The third kappa shape index (κ3) is 27.7. The van der Waals surface area contributed by atoms with Crippen LogP contribution in [0.4, 0.5) is 50.7 Å². The number of ether oxygens (including phenoxy) is 4. The number of amides is 12. The van der Waals surface area contributed by atoms with Gasteiger partial charge in [0.15, 0.2) is 5.88 Å². The number of nitrogens with one attached hydrogen (secondary N) is 4. The maximum atomic E-state index is 14.3. The lowest BCUT2D eigenvalue weighted by Gasteiger charge is -2.28. The highest BCUT2D eigenvalue weighted by Crippen LogP contribution is 2.40. The Kier molecular flexibility index (Phi) is 37.4. The summed E-state index contributed by atoms with van der Waals surface area (Å²) in [5.41, 5.74) is 3.38. The number of nitrogens with zero attached hydrogens (tertiary/aromatic N) is 9. The van der Waals surface area contributed by atoms with E-state index in [4.69, 9.17) is 23.4 Å². The van der Waals surface area contributed by atoms with Crippen LogP contribution in [0.5, 0.6) is 0 Å². The molecule has 41 heteroatoms. The number of aryl methyl sites for hydroxylation is 2. The van der Waals surface area contributed by atoms with Gasteiger partial charge in [-0.1, -0.05) is 114 Å². The SMILES string of the molecule is CCCCC(=O)NC(=O)c1cccc(N2C(=O)C(=Cc3ccc(N(CC(=O)OC)CC(=O)OC)s3)C(=O)N2c2cccc(C(=O)NC(=O)CCCC)c2)c1.CCCCC(=O)NS(=O)(=O)c1cccc(N2C(=O)C(=Cc3ccc(N(CC(=O)OC)CC(=O)OC)cc3)C(=O)N2c2cccc(S(=O)(=O)NC(=O)CCCC)c2)c1.Cc1cccc(N2C(=O)C(=Cc3ccc(N(C)C)o3)C(=O)N2c2cccc(C)c2)c1. The monoisotopic (exact) mass is 1990 g/mol. The molecule has 4 N–H and O–H groups in total. The lowest BCUT2D eigenvalue weighted by molar-refractivity contribution is -0.141. The molecule has 2 aromatic heterocycles. The molecule has 3 aliphatic heterocycles. The maximum absolute atomic E-state index is 14.3. The number of carbonyl (C=O) groups is 16. The molecule has 141 heavy (non-hydrogen) atoms. The van der Waals surface area contributed by atoms with E-state index in [0.29, 0.717) is 82.7 Å². The smallest absolute Gasteiger partial charge is 0.325 e. The molecule has 0 saturated carbocycles. The minimum atomic E-state index is -4.43. The van der Waals surface area contributed by atoms with E-state index in [2.05, 4.69) is 10.6 Å². The molecule has 0 unspecified atom stereocenters. The fraction of sp³-hybridized carbons (Fsp3) is 0.280. The van der Waals surface area contributed by atoms with Gasteiger partial charge < -0.3 is 38.1 Å². The summed E-state index contributed by atoms with van der Waals surface area (Å²) in [5, 5.41) is 11.8. The Morgan fingerprint density at radius 1 is 0.376 bits per heavy atom. The predicted molar refractivity (Wildman–Crippen MR) is 527 cm³/mol. The van der Waals surface area contributed by atoms with Crippen molar-refractivity contribution in [1.82, 2.24) is 20.1 Å². The second-order valence-corrected chi connectivity index (χ2v) is 36.7. The minimum Gasteiger partial charge on any atom is -0.468 e. The lowest BCUT2D eigenvalue weighted by atomic mass is 10.1. The highest BCUT2D eigenvalue weighted by Gasteiger charge is 2.47. The van der Waals surface area contributed by atoms with E-state index in [1.54, 1.807) is 24.3 Å². The number of hydrogen-bond donors (Lipinski definition) is 4. The molecule has 12 rings (SSSR count). The largest absolute Gasteiger partial charge is 0.468 e. The van der Waals surface area contributed by atoms with Gasteiger partial charge in [-0.25, -0.2) is 56.3 Å². The van der Waals surface area contributed by atoms with Gasteiger partial charge in [-0.15, -0.1) is 11.3 Å². The second kappa shape index (κ2) is 49.3. The van der Waals surface area contributed by atoms with Crippen LogP contribution in [0, 0.1) is 13.8 Å². The van der Waals surface area contributed by atoms with Crippen molar-refractivity contribution >= 4 is 195 Å². The first-order valence-electron chi connectivity index (χ1n) is 44.6. The van der Waals surface area contributed by atoms with Crippen molar-refractivity contribution in [1.29, 1.82) is 0 Å². The van der Waals surface area contributed by atoms with Crippen LogP contribution >= 0.6 is 11.3 Å². The van der Waals surface area contributed by atoms with E-state index in [9.17, 15) is 93.5 Å². The van der Waals surface area contributed by atoms with E-state index < -0.39 is 130 Å². The first kappa shape index (κ1) is 107. The first-order valence-corrected chi connectivity index (χ1v) is 48.4. The van der Waals surface area contributed by atoms with Gasteiger partial charge in [-0.3, -0.25) is 87.3 Å². The van der Waals surface area contributed by atoms with Crippen LogP contribution in [0.25, 0.3) is 18.2 Å². The number of sulfonamides is 2. The minimum absolute atomic E-state index is 0.0374. The number of hydrogen-bond acceptors (Lipinski definition) is 29. The van der Waals surface area contributed by atoms with Gasteiger partial charge in [-0.2, -0.15) is 0 Å². The van der Waals surface area contributed by atoms with Gasteiger partial charge in [-0.05, 0) is 202 Å². The zero-order chi connectivity index (χ0) is 103. The number of benzene rings is 7. The molecule has 9 aromatic rings. The summed E-state index contributed by atoms with van der Waals surface area (Å²) in [6.07, 6.45) is 9.29. The standard InChI is InChI=1S/C38H43N5O12S2.C38H41N5O10S.C24H23N3O3/c1-5-7-15-33(44)39-56(50,51)30-13-9-11-28(22-30)42-37(48)32(21-26-17-19-27(20-18-26)41(24-35(46)54-3)25-36(47)55-4)38(49)43(42)29-12-10-14-31(23-29)57(52,53)40-34(45)16-8-6-2;1-5-7-15-30(44)39-35(48)24-11-9-13-26(19-24)42-37(50)29(21-28-17-18-32(54-28)41(22-33(46)52-3)23-34(47)53-4)38(51)43(42)27-14-10-12-25(20-27)36(49)40-31(45)16-8-6-2;1-16-7-5-9-18(13-16)26-23(28)21(15-20-11-12-22(30-20)25(3)4)24(29)27(26)19-10-6-8-17(2)14-19/h9-14,17-23H,5-8,15-16,24-25H2,1-4H3,(H,39,44)(H,40,45);9-14,17-21H,5-8,15-16,22-23H2,1-4H3,(H,39,44,48)(H,40,45,49);5-15H,1-4H3. The van der Waals surface area contributed by atoms with E-state index in [0.717, 1.165) is 67.5 Å². The van der Waals surface area contributed by atoms with Gasteiger partial charge in [0.1, 0.15) is 48.7 Å². The van der Waals surface area contributed by atoms with Crippen LogP contribution in [0.3, 0.4) is 0 Å². The number of anilines is 9. The number of imide groups is 2. The number of furan rings is 1. The Hall–Kier alpha value is -16.0. The molecule has 7 aromatic carbocycles. The van der Waals surface area contributed by atoms with E-state index in [1.165, 1.54) is 176 Å². The zero-order valence-electron chi connectivity index (χ0n) is 79.5. The predicted octanol–water partition coefficient (Wildman–Crippen LogP) is 11.7. The van der Waals surface area contributed by atoms with Crippen LogP contribution in [0.1, 0.15) is 153 Å². The van der Waals surface area contributed by atoms with Gasteiger partial charge in [0, 0.05) is 67.5 Å². The summed E-state index contributed by atoms with van der Waals surface area (Å²) in [6.45, 7) is 10.3. The molecule has 3 saturated heterocycles. The zero-order valence-corrected chi connectivity index (χ0v) is 81.9. The number of rotatable bonds is 38. The van der Waals surface area contributed by atoms with Crippen molar-refractivity contribution in [2.45, 2.75) is 128 Å². The van der Waals surface area contributed by atoms with Crippen LogP contribution in [0.2, 0.25) is 0 Å². The average Bonchev–Trinajstić information content (AvgIpc) is 1.61. The Bertz CT molecular complexity index is 6310. The third-order valence-corrected chi connectivity index (χ3v) is 25.3. The number of hydrazine groups is 3. The molecule has 740 valence electrons. The van der Waals surface area contributed by atoms with Gasteiger partial charge in [0.2, 0.25) is 23.6 Å². The Balaban J connectivity index is 0.000000227. The Morgan fingerprint density at radius 3 is 1.06 bits per heavy atom. The van der Waals surface area contributed by atoms with Crippen molar-refractivity contribution in [3.63, 3.8) is 0 Å². The lowest BCUT2D eigenvalue weighted by Crippen LogP contribution is -2.41. The molecule has 3 fully saturated rings. The quantitative estimate of drug-likeness (QED) is 0.0121. The summed E-state index contributed by atoms with van der Waals surface area (Å²) >= 11 is 1.09. The highest BCUT2D eigenvalue weighted by molar-refractivity contribution is 7.90. The van der Waals surface area contributed by atoms with Gasteiger partial charge >= 0.3 is 23.9 Å².